The second-order valence-electron chi connectivity index (χ2n) is 4.00. The highest BCUT2D eigenvalue weighted by molar-refractivity contribution is 5.73. The molecule has 1 heterocycles. The van der Waals surface area contributed by atoms with E-state index in [0.717, 1.165) is 11.3 Å². The van der Waals surface area contributed by atoms with Gasteiger partial charge in [0.2, 0.25) is 0 Å². The summed E-state index contributed by atoms with van der Waals surface area (Å²) in [6, 6.07) is 11.5. The number of aryl methyl sites for hydroxylation is 1. The lowest BCUT2D eigenvalue weighted by molar-refractivity contribution is 0.240. The SMILES string of the molecule is Cn1ccc(CNC(=O)NCc2ccccc2)n1. The van der Waals surface area contributed by atoms with Gasteiger partial charge in [-0.1, -0.05) is 30.3 Å². The molecule has 0 radical (unpaired) electrons. The summed E-state index contributed by atoms with van der Waals surface area (Å²) in [4.78, 5) is 11.5. The molecule has 2 amide bonds. The number of benzene rings is 1. The summed E-state index contributed by atoms with van der Waals surface area (Å²) in [5.74, 6) is 0. The number of aromatic nitrogens is 2. The highest BCUT2D eigenvalue weighted by Crippen LogP contribution is 1.97. The van der Waals surface area contributed by atoms with E-state index in [-0.39, 0.29) is 6.03 Å². The van der Waals surface area contributed by atoms with E-state index < -0.39 is 0 Å². The van der Waals surface area contributed by atoms with Crippen LogP contribution in [0.2, 0.25) is 0 Å². The minimum absolute atomic E-state index is 0.190. The van der Waals surface area contributed by atoms with Crippen LogP contribution >= 0.6 is 0 Å². The molecule has 0 fully saturated rings. The molecule has 0 atom stereocenters. The third kappa shape index (κ3) is 3.62. The second kappa shape index (κ2) is 5.86. The van der Waals surface area contributed by atoms with Crippen LogP contribution in [0, 0.1) is 0 Å². The van der Waals surface area contributed by atoms with Gasteiger partial charge in [0.1, 0.15) is 0 Å². The largest absolute Gasteiger partial charge is 0.334 e. The van der Waals surface area contributed by atoms with Crippen LogP contribution in [0.5, 0.6) is 0 Å². The molecule has 0 unspecified atom stereocenters. The number of nitrogens with zero attached hydrogens (tertiary/aromatic N) is 2. The number of carbonyl (C=O) groups excluding carboxylic acids is 1. The van der Waals surface area contributed by atoms with Crippen molar-refractivity contribution < 1.29 is 4.79 Å². The Balaban J connectivity index is 1.73. The summed E-state index contributed by atoms with van der Waals surface area (Å²) in [6.07, 6.45) is 1.85. The number of hydrogen-bond acceptors (Lipinski definition) is 2. The van der Waals surface area contributed by atoms with Crippen LogP contribution in [-0.2, 0) is 20.1 Å². The van der Waals surface area contributed by atoms with Gasteiger partial charge >= 0.3 is 6.03 Å². The molecule has 1 aromatic carbocycles. The topological polar surface area (TPSA) is 59.0 Å². The van der Waals surface area contributed by atoms with Crippen LogP contribution in [0.15, 0.2) is 42.6 Å². The van der Waals surface area contributed by atoms with Crippen LogP contribution in [-0.4, -0.2) is 15.8 Å². The molecule has 0 saturated carbocycles. The molecule has 2 rings (SSSR count). The van der Waals surface area contributed by atoms with E-state index >= 15 is 0 Å². The average Bonchev–Trinajstić information content (AvgIpc) is 2.81. The number of amides is 2. The number of nitrogens with one attached hydrogen (secondary N) is 2. The Morgan fingerprint density at radius 1 is 1.17 bits per heavy atom. The molecule has 0 aliphatic carbocycles. The average molecular weight is 244 g/mol. The fourth-order valence-electron chi connectivity index (χ4n) is 1.57. The molecule has 5 nitrogen and oxygen atoms in total. The van der Waals surface area contributed by atoms with Gasteiger partial charge in [-0.2, -0.15) is 5.10 Å². The van der Waals surface area contributed by atoms with E-state index in [9.17, 15) is 4.79 Å². The molecule has 0 saturated heterocycles. The molecule has 94 valence electrons. The Bertz CT molecular complexity index is 507. The van der Waals surface area contributed by atoms with Crippen molar-refractivity contribution in [2.45, 2.75) is 13.1 Å². The van der Waals surface area contributed by atoms with Crippen molar-refractivity contribution in [3.63, 3.8) is 0 Å². The van der Waals surface area contributed by atoms with Crippen molar-refractivity contribution >= 4 is 6.03 Å². The third-order valence-electron chi connectivity index (χ3n) is 2.49. The van der Waals surface area contributed by atoms with E-state index in [0.29, 0.717) is 13.1 Å². The third-order valence-corrected chi connectivity index (χ3v) is 2.49. The van der Waals surface area contributed by atoms with Crippen molar-refractivity contribution in [1.82, 2.24) is 20.4 Å². The van der Waals surface area contributed by atoms with Gasteiger partial charge < -0.3 is 10.6 Å². The molecule has 18 heavy (non-hydrogen) atoms. The highest BCUT2D eigenvalue weighted by atomic mass is 16.2. The lowest BCUT2D eigenvalue weighted by Gasteiger charge is -2.06. The van der Waals surface area contributed by atoms with Crippen molar-refractivity contribution in [1.29, 1.82) is 0 Å². The highest BCUT2D eigenvalue weighted by Gasteiger charge is 2.01. The molecular formula is C13H16N4O. The van der Waals surface area contributed by atoms with Crippen LogP contribution in [0.25, 0.3) is 0 Å². The van der Waals surface area contributed by atoms with E-state index in [1.54, 1.807) is 4.68 Å². The maximum absolute atomic E-state index is 11.5. The zero-order valence-corrected chi connectivity index (χ0v) is 10.3. The zero-order chi connectivity index (χ0) is 12.8. The maximum Gasteiger partial charge on any atom is 0.315 e. The smallest absolute Gasteiger partial charge is 0.315 e. The number of carbonyl (C=O) groups is 1. The summed E-state index contributed by atoms with van der Waals surface area (Å²) >= 11 is 0. The summed E-state index contributed by atoms with van der Waals surface area (Å²) in [5, 5.41) is 9.72. The first kappa shape index (κ1) is 12.2. The number of urea groups is 1. The summed E-state index contributed by atoms with van der Waals surface area (Å²) < 4.78 is 1.71. The molecule has 0 aliphatic heterocycles. The molecule has 0 spiro atoms. The predicted octanol–water partition coefficient (Wildman–Crippen LogP) is 1.42. The molecule has 1 aromatic heterocycles. The quantitative estimate of drug-likeness (QED) is 0.854. The van der Waals surface area contributed by atoms with Gasteiger partial charge in [-0.05, 0) is 11.6 Å². The lowest BCUT2D eigenvalue weighted by atomic mass is 10.2. The molecule has 2 aromatic rings. The molecule has 5 heteroatoms. The Labute approximate surface area is 106 Å². The normalized spacial score (nSPS) is 10.1. The Morgan fingerprint density at radius 3 is 2.56 bits per heavy atom. The zero-order valence-electron chi connectivity index (χ0n) is 10.3. The van der Waals surface area contributed by atoms with Crippen molar-refractivity contribution in [3.05, 3.63) is 53.9 Å². The van der Waals surface area contributed by atoms with Gasteiger partial charge in [-0.3, -0.25) is 4.68 Å². The first-order chi connectivity index (χ1) is 8.74. The van der Waals surface area contributed by atoms with Gasteiger partial charge in [-0.15, -0.1) is 0 Å². The Kier molecular flexibility index (Phi) is 3.96. The predicted molar refractivity (Wildman–Crippen MR) is 68.7 cm³/mol. The van der Waals surface area contributed by atoms with Crippen LogP contribution in [0.3, 0.4) is 0 Å². The maximum atomic E-state index is 11.5. The van der Waals surface area contributed by atoms with Crippen molar-refractivity contribution in [2.75, 3.05) is 0 Å². The van der Waals surface area contributed by atoms with Crippen molar-refractivity contribution in [3.8, 4) is 0 Å². The van der Waals surface area contributed by atoms with Crippen molar-refractivity contribution in [2.24, 2.45) is 7.05 Å². The summed E-state index contributed by atoms with van der Waals surface area (Å²) in [6.45, 7) is 0.955. The number of hydrogen-bond donors (Lipinski definition) is 2. The van der Waals surface area contributed by atoms with Crippen LogP contribution < -0.4 is 10.6 Å². The van der Waals surface area contributed by atoms with Crippen LogP contribution in [0.1, 0.15) is 11.3 Å². The first-order valence-corrected chi connectivity index (χ1v) is 5.78. The van der Waals surface area contributed by atoms with Crippen LogP contribution in [0.4, 0.5) is 4.79 Å². The Morgan fingerprint density at radius 2 is 1.89 bits per heavy atom. The fraction of sp³-hybridized carbons (Fsp3) is 0.231. The van der Waals surface area contributed by atoms with Gasteiger partial charge in [0.25, 0.3) is 0 Å². The standard InChI is InChI=1S/C13H16N4O/c1-17-8-7-12(16-17)10-15-13(18)14-9-11-5-3-2-4-6-11/h2-8H,9-10H2,1H3,(H2,14,15,18). The van der Waals surface area contributed by atoms with Gasteiger partial charge in [0.05, 0.1) is 12.2 Å². The fourth-order valence-corrected chi connectivity index (χ4v) is 1.57. The molecule has 0 bridgehead atoms. The number of rotatable bonds is 4. The van der Waals surface area contributed by atoms with Gasteiger partial charge in [-0.25, -0.2) is 4.79 Å². The molecule has 2 N–H and O–H groups in total. The lowest BCUT2D eigenvalue weighted by Crippen LogP contribution is -2.34. The minimum Gasteiger partial charge on any atom is -0.334 e. The van der Waals surface area contributed by atoms with Gasteiger partial charge in [0.15, 0.2) is 0 Å². The van der Waals surface area contributed by atoms with E-state index in [4.69, 9.17) is 0 Å². The molecule has 0 aliphatic rings. The van der Waals surface area contributed by atoms with E-state index in [1.165, 1.54) is 0 Å². The van der Waals surface area contributed by atoms with E-state index in [2.05, 4.69) is 15.7 Å². The van der Waals surface area contributed by atoms with E-state index in [1.807, 2.05) is 49.6 Å². The minimum atomic E-state index is -0.190. The second-order valence-corrected chi connectivity index (χ2v) is 4.00. The Hall–Kier alpha value is -2.30. The molecular weight excluding hydrogens is 228 g/mol. The monoisotopic (exact) mass is 244 g/mol. The van der Waals surface area contributed by atoms with Gasteiger partial charge in [0, 0.05) is 19.8 Å². The summed E-state index contributed by atoms with van der Waals surface area (Å²) in [5.41, 5.74) is 1.91. The summed E-state index contributed by atoms with van der Waals surface area (Å²) in [7, 11) is 1.85. The first-order valence-electron chi connectivity index (χ1n) is 5.78.